The van der Waals surface area contributed by atoms with Crippen molar-refractivity contribution in [2.24, 2.45) is 0 Å². The lowest BCUT2D eigenvalue weighted by molar-refractivity contribution is -0.111. The second-order valence-corrected chi connectivity index (χ2v) is 8.73. The van der Waals surface area contributed by atoms with Gasteiger partial charge in [-0.1, -0.05) is 0 Å². The molecule has 7 nitrogen and oxygen atoms in total. The zero-order valence-corrected chi connectivity index (χ0v) is 17.1. The third-order valence-electron chi connectivity index (χ3n) is 4.77. The number of carbonyl (C=O) groups is 2. The van der Waals surface area contributed by atoms with Crippen LogP contribution in [-0.4, -0.2) is 37.4 Å². The standard InChI is InChI=1S/C20H19N3O4S2/c21-8-16-15-3-2-14(27-20(25)22-13-9-26-10-13)7-17(15)29-19(16)23-18(24)4-1-12-5-6-28-11-12/h1,4-6,11,13-14H,2-3,7,9-10H2,(H,22,25)(H,23,24)/b4-1+. The van der Waals surface area contributed by atoms with Crippen LogP contribution in [0.15, 0.2) is 22.9 Å². The van der Waals surface area contributed by atoms with Gasteiger partial charge in [0.1, 0.15) is 17.2 Å². The van der Waals surface area contributed by atoms with Gasteiger partial charge in [-0.05, 0) is 46.9 Å². The molecule has 2 aliphatic rings. The summed E-state index contributed by atoms with van der Waals surface area (Å²) in [6.45, 7) is 1.04. The molecule has 0 radical (unpaired) electrons. The molecular weight excluding hydrogens is 410 g/mol. The monoisotopic (exact) mass is 429 g/mol. The Balaban J connectivity index is 1.39. The molecule has 9 heteroatoms. The number of fused-ring (bicyclic) bond motifs is 1. The molecule has 0 aromatic carbocycles. The second kappa shape index (κ2) is 8.78. The molecule has 0 spiro atoms. The smallest absolute Gasteiger partial charge is 0.407 e. The van der Waals surface area contributed by atoms with Crippen LogP contribution in [-0.2, 0) is 27.1 Å². The summed E-state index contributed by atoms with van der Waals surface area (Å²) >= 11 is 2.94. The first kappa shape index (κ1) is 19.6. The third kappa shape index (κ3) is 4.67. The van der Waals surface area contributed by atoms with E-state index in [1.54, 1.807) is 17.4 Å². The first-order valence-electron chi connectivity index (χ1n) is 9.23. The van der Waals surface area contributed by atoms with Crippen molar-refractivity contribution in [1.82, 2.24) is 5.32 Å². The maximum atomic E-state index is 12.3. The molecule has 3 heterocycles. The summed E-state index contributed by atoms with van der Waals surface area (Å²) in [7, 11) is 0. The van der Waals surface area contributed by atoms with E-state index in [9.17, 15) is 14.9 Å². The number of thiophene rings is 2. The Hall–Kier alpha value is -2.67. The molecule has 4 rings (SSSR count). The fourth-order valence-electron chi connectivity index (χ4n) is 3.23. The lowest BCUT2D eigenvalue weighted by atomic mass is 9.94. The van der Waals surface area contributed by atoms with Gasteiger partial charge in [0.05, 0.1) is 24.8 Å². The van der Waals surface area contributed by atoms with Gasteiger partial charge < -0.3 is 20.1 Å². The number of hydrogen-bond acceptors (Lipinski definition) is 7. The van der Waals surface area contributed by atoms with Crippen LogP contribution >= 0.6 is 22.7 Å². The molecule has 29 heavy (non-hydrogen) atoms. The molecule has 2 aromatic heterocycles. The number of nitrogens with zero attached hydrogens (tertiary/aromatic N) is 1. The van der Waals surface area contributed by atoms with Crippen molar-refractivity contribution in [3.63, 3.8) is 0 Å². The number of nitriles is 1. The number of hydrogen-bond donors (Lipinski definition) is 2. The Morgan fingerprint density at radius 3 is 2.93 bits per heavy atom. The van der Waals surface area contributed by atoms with Gasteiger partial charge in [-0.25, -0.2) is 4.79 Å². The van der Waals surface area contributed by atoms with Gasteiger partial charge in [-0.3, -0.25) is 4.79 Å². The van der Waals surface area contributed by atoms with E-state index in [2.05, 4.69) is 16.7 Å². The van der Waals surface area contributed by atoms with Gasteiger partial charge in [0, 0.05) is 17.4 Å². The lowest BCUT2D eigenvalue weighted by Gasteiger charge is -2.28. The highest BCUT2D eigenvalue weighted by Gasteiger charge is 2.29. The van der Waals surface area contributed by atoms with Crippen molar-refractivity contribution >= 4 is 45.8 Å². The highest BCUT2D eigenvalue weighted by Crippen LogP contribution is 2.38. The van der Waals surface area contributed by atoms with Crippen LogP contribution in [0.25, 0.3) is 6.08 Å². The molecule has 150 valence electrons. The quantitative estimate of drug-likeness (QED) is 0.710. The number of ether oxygens (including phenoxy) is 2. The highest BCUT2D eigenvalue weighted by molar-refractivity contribution is 7.16. The van der Waals surface area contributed by atoms with Crippen LogP contribution in [0, 0.1) is 11.3 Å². The molecule has 1 aliphatic carbocycles. The Kier molecular flexibility index (Phi) is 5.94. The normalized spacial score (nSPS) is 18.5. The minimum atomic E-state index is -0.434. The van der Waals surface area contributed by atoms with Crippen LogP contribution in [0.2, 0.25) is 0 Å². The molecule has 2 N–H and O–H groups in total. The average Bonchev–Trinajstić information content (AvgIpc) is 3.30. The summed E-state index contributed by atoms with van der Waals surface area (Å²) in [6.07, 6.45) is 4.36. The molecule has 0 saturated carbocycles. The van der Waals surface area contributed by atoms with Crippen LogP contribution in [0.4, 0.5) is 9.80 Å². The molecule has 0 bridgehead atoms. The van der Waals surface area contributed by atoms with Crippen molar-refractivity contribution in [2.45, 2.75) is 31.4 Å². The Bertz CT molecular complexity index is 971. The number of rotatable bonds is 5. The fraction of sp³-hybridized carbons (Fsp3) is 0.350. The summed E-state index contributed by atoms with van der Waals surface area (Å²) in [4.78, 5) is 25.2. The van der Waals surface area contributed by atoms with Crippen LogP contribution in [0.5, 0.6) is 0 Å². The first-order valence-corrected chi connectivity index (χ1v) is 11.0. The number of amides is 2. The van der Waals surface area contributed by atoms with Crippen LogP contribution < -0.4 is 10.6 Å². The van der Waals surface area contributed by atoms with Crippen molar-refractivity contribution in [1.29, 1.82) is 5.26 Å². The lowest BCUT2D eigenvalue weighted by Crippen LogP contribution is -2.49. The molecule has 1 fully saturated rings. The fourth-order valence-corrected chi connectivity index (χ4v) is 5.12. The van der Waals surface area contributed by atoms with E-state index >= 15 is 0 Å². The predicted molar refractivity (Wildman–Crippen MR) is 111 cm³/mol. The topological polar surface area (TPSA) is 100 Å². The number of alkyl carbamates (subject to hydrolysis) is 1. The highest BCUT2D eigenvalue weighted by atomic mass is 32.1. The van der Waals surface area contributed by atoms with Gasteiger partial charge in [0.2, 0.25) is 5.91 Å². The van der Waals surface area contributed by atoms with E-state index in [1.165, 1.54) is 17.4 Å². The summed E-state index contributed by atoms with van der Waals surface area (Å²) in [5, 5.41) is 19.6. The van der Waals surface area contributed by atoms with Crippen molar-refractivity contribution in [3.05, 3.63) is 44.5 Å². The van der Waals surface area contributed by atoms with Gasteiger partial charge >= 0.3 is 6.09 Å². The van der Waals surface area contributed by atoms with Crippen molar-refractivity contribution in [2.75, 3.05) is 18.5 Å². The minimum absolute atomic E-state index is 0.0255. The van der Waals surface area contributed by atoms with Gasteiger partial charge in [-0.2, -0.15) is 16.6 Å². The van der Waals surface area contributed by atoms with E-state index in [0.717, 1.165) is 16.0 Å². The third-order valence-corrected chi connectivity index (χ3v) is 6.64. The maximum Gasteiger partial charge on any atom is 0.407 e. The molecule has 2 amide bonds. The molecular formula is C20H19N3O4S2. The van der Waals surface area contributed by atoms with E-state index < -0.39 is 6.09 Å². The van der Waals surface area contributed by atoms with Crippen LogP contribution in [0.1, 0.15) is 28.0 Å². The van der Waals surface area contributed by atoms with E-state index in [4.69, 9.17) is 9.47 Å². The molecule has 1 saturated heterocycles. The molecule has 2 aromatic rings. The largest absolute Gasteiger partial charge is 0.446 e. The van der Waals surface area contributed by atoms with Crippen molar-refractivity contribution < 1.29 is 19.1 Å². The Labute approximate surface area is 175 Å². The minimum Gasteiger partial charge on any atom is -0.446 e. The second-order valence-electron chi connectivity index (χ2n) is 6.85. The average molecular weight is 430 g/mol. The molecule has 1 atom stereocenters. The van der Waals surface area contributed by atoms with Gasteiger partial charge in [-0.15, -0.1) is 11.3 Å². The Morgan fingerprint density at radius 2 is 2.24 bits per heavy atom. The molecule has 1 aliphatic heterocycles. The summed E-state index contributed by atoms with van der Waals surface area (Å²) < 4.78 is 10.6. The SMILES string of the molecule is N#Cc1c(NC(=O)/C=C/c2ccsc2)sc2c1CCC(OC(=O)NC1COC1)C2. The van der Waals surface area contributed by atoms with Crippen molar-refractivity contribution in [3.8, 4) is 6.07 Å². The zero-order valence-electron chi connectivity index (χ0n) is 15.5. The predicted octanol–water partition coefficient (Wildman–Crippen LogP) is 3.32. The number of nitrogens with one attached hydrogen (secondary N) is 2. The van der Waals surface area contributed by atoms with Gasteiger partial charge in [0.15, 0.2) is 0 Å². The summed E-state index contributed by atoms with van der Waals surface area (Å²) in [5.74, 6) is -0.277. The number of carbonyl (C=O) groups excluding carboxylic acids is 2. The summed E-state index contributed by atoms with van der Waals surface area (Å²) in [5.41, 5.74) is 2.42. The van der Waals surface area contributed by atoms with Gasteiger partial charge in [0.25, 0.3) is 0 Å². The Morgan fingerprint density at radius 1 is 1.38 bits per heavy atom. The first-order chi connectivity index (χ1) is 14.1. The zero-order chi connectivity index (χ0) is 20.2. The number of anilines is 1. The summed E-state index contributed by atoms with van der Waals surface area (Å²) in [6, 6.07) is 4.16. The van der Waals surface area contributed by atoms with E-state index in [-0.39, 0.29) is 18.1 Å². The maximum absolute atomic E-state index is 12.3. The van der Waals surface area contributed by atoms with E-state index in [0.29, 0.717) is 43.0 Å². The molecule has 1 unspecified atom stereocenters. The van der Waals surface area contributed by atoms with E-state index in [1.807, 2.05) is 16.8 Å². The van der Waals surface area contributed by atoms with Crippen LogP contribution in [0.3, 0.4) is 0 Å².